The van der Waals surface area contributed by atoms with Crippen LogP contribution in [0.5, 0.6) is 5.75 Å². The van der Waals surface area contributed by atoms with Gasteiger partial charge < -0.3 is 4.74 Å². The quantitative estimate of drug-likeness (QED) is 0.370. The molecule has 1 aromatic heterocycles. The lowest BCUT2D eigenvalue weighted by Crippen LogP contribution is -2.19. The zero-order valence-electron chi connectivity index (χ0n) is 16.6. The van der Waals surface area contributed by atoms with Crippen LogP contribution in [0.4, 0.5) is 0 Å². The second-order valence-corrected chi connectivity index (χ2v) is 6.87. The largest absolute Gasteiger partial charge is 0.489 e. The molecule has 30 heavy (non-hydrogen) atoms. The molecule has 0 saturated carbocycles. The van der Waals surface area contributed by atoms with Crippen LogP contribution in [0.1, 0.15) is 28.4 Å². The molecule has 0 spiro atoms. The van der Waals surface area contributed by atoms with Gasteiger partial charge in [0.05, 0.1) is 5.71 Å². The Balaban J connectivity index is 1.35. The van der Waals surface area contributed by atoms with Gasteiger partial charge in [-0.25, -0.2) is 5.43 Å². The first-order valence-corrected chi connectivity index (χ1v) is 9.64. The van der Waals surface area contributed by atoms with E-state index in [1.54, 1.807) is 24.5 Å². The van der Waals surface area contributed by atoms with Crippen LogP contribution in [0.15, 0.2) is 96.4 Å². The van der Waals surface area contributed by atoms with Crippen LogP contribution in [-0.4, -0.2) is 16.6 Å². The molecule has 0 atom stereocenters. The topological polar surface area (TPSA) is 63.6 Å². The van der Waals surface area contributed by atoms with E-state index in [9.17, 15) is 4.79 Å². The predicted octanol–water partition coefficient (Wildman–Crippen LogP) is 4.97. The third-order valence-corrected chi connectivity index (χ3v) is 4.77. The third-order valence-electron chi connectivity index (χ3n) is 4.77. The second-order valence-electron chi connectivity index (χ2n) is 6.87. The number of carbonyl (C=O) groups excluding carboxylic acids is 1. The number of hydrogen-bond acceptors (Lipinski definition) is 4. The molecular formula is C25H21N3O2. The molecule has 0 aliphatic rings. The van der Waals surface area contributed by atoms with Crippen molar-refractivity contribution in [3.63, 3.8) is 0 Å². The van der Waals surface area contributed by atoms with E-state index in [0.29, 0.717) is 17.9 Å². The van der Waals surface area contributed by atoms with Gasteiger partial charge in [0.1, 0.15) is 12.4 Å². The van der Waals surface area contributed by atoms with E-state index in [-0.39, 0.29) is 5.91 Å². The molecule has 0 aliphatic carbocycles. The van der Waals surface area contributed by atoms with Gasteiger partial charge in [-0.3, -0.25) is 9.78 Å². The number of nitrogens with zero attached hydrogens (tertiary/aromatic N) is 2. The molecule has 148 valence electrons. The van der Waals surface area contributed by atoms with Gasteiger partial charge in [0.15, 0.2) is 0 Å². The zero-order valence-corrected chi connectivity index (χ0v) is 16.6. The summed E-state index contributed by atoms with van der Waals surface area (Å²) in [6.45, 7) is 2.27. The van der Waals surface area contributed by atoms with Crippen molar-refractivity contribution in [1.82, 2.24) is 10.4 Å². The van der Waals surface area contributed by atoms with Gasteiger partial charge in [0, 0.05) is 23.5 Å². The van der Waals surface area contributed by atoms with Crippen molar-refractivity contribution in [2.24, 2.45) is 5.10 Å². The summed E-state index contributed by atoms with van der Waals surface area (Å²) in [5.74, 6) is 0.557. The Morgan fingerprint density at radius 3 is 2.40 bits per heavy atom. The van der Waals surface area contributed by atoms with E-state index < -0.39 is 0 Å². The molecule has 4 aromatic rings. The highest BCUT2D eigenvalue weighted by Gasteiger charge is 2.06. The molecule has 5 heteroatoms. The van der Waals surface area contributed by atoms with Crippen molar-refractivity contribution in [1.29, 1.82) is 0 Å². The van der Waals surface area contributed by atoms with Crippen molar-refractivity contribution in [2.45, 2.75) is 13.5 Å². The van der Waals surface area contributed by atoms with Gasteiger partial charge >= 0.3 is 0 Å². The van der Waals surface area contributed by atoms with Crippen LogP contribution < -0.4 is 10.2 Å². The summed E-state index contributed by atoms with van der Waals surface area (Å²) in [7, 11) is 0. The third kappa shape index (κ3) is 4.70. The number of hydrogen-bond donors (Lipinski definition) is 1. The van der Waals surface area contributed by atoms with Crippen molar-refractivity contribution in [3.8, 4) is 5.75 Å². The molecule has 1 heterocycles. The minimum absolute atomic E-state index is 0.259. The number of ether oxygens (including phenoxy) is 1. The molecular weight excluding hydrogens is 374 g/mol. The fraction of sp³-hybridized carbons (Fsp3) is 0.0800. The molecule has 4 rings (SSSR count). The number of pyridine rings is 1. The maximum absolute atomic E-state index is 12.3. The van der Waals surface area contributed by atoms with Crippen molar-refractivity contribution in [3.05, 3.63) is 108 Å². The predicted molar refractivity (Wildman–Crippen MR) is 119 cm³/mol. The van der Waals surface area contributed by atoms with Gasteiger partial charge in [-0.1, -0.05) is 42.5 Å². The van der Waals surface area contributed by atoms with Gasteiger partial charge in [-0.15, -0.1) is 0 Å². The van der Waals surface area contributed by atoms with Crippen LogP contribution in [-0.2, 0) is 6.61 Å². The summed E-state index contributed by atoms with van der Waals surface area (Å²) in [6, 6.07) is 25.2. The maximum atomic E-state index is 12.3. The Morgan fingerprint density at radius 2 is 1.63 bits per heavy atom. The lowest BCUT2D eigenvalue weighted by Gasteiger charge is -2.08. The number of fused-ring (bicyclic) bond motifs is 1. The Bertz CT molecular complexity index is 1190. The van der Waals surface area contributed by atoms with Crippen molar-refractivity contribution >= 4 is 22.4 Å². The fourth-order valence-corrected chi connectivity index (χ4v) is 3.03. The van der Waals surface area contributed by atoms with E-state index in [1.807, 2.05) is 61.5 Å². The highest BCUT2D eigenvalue weighted by molar-refractivity contribution is 6.00. The number of hydrazone groups is 1. The Kier molecular flexibility index (Phi) is 5.80. The minimum Gasteiger partial charge on any atom is -0.489 e. The lowest BCUT2D eigenvalue weighted by atomic mass is 10.1. The summed E-state index contributed by atoms with van der Waals surface area (Å²) in [5, 5.41) is 6.48. The smallest absolute Gasteiger partial charge is 0.271 e. The first kappa shape index (κ1) is 19.3. The van der Waals surface area contributed by atoms with Crippen LogP contribution in [0.3, 0.4) is 0 Å². The van der Waals surface area contributed by atoms with E-state index in [0.717, 1.165) is 22.3 Å². The molecule has 0 saturated heterocycles. The van der Waals surface area contributed by atoms with Crippen LogP contribution in [0, 0.1) is 0 Å². The Hall–Kier alpha value is -3.99. The highest BCUT2D eigenvalue weighted by atomic mass is 16.5. The van der Waals surface area contributed by atoms with Gasteiger partial charge in [0.2, 0.25) is 0 Å². The summed E-state index contributed by atoms with van der Waals surface area (Å²) in [4.78, 5) is 16.3. The molecule has 0 fully saturated rings. The van der Waals surface area contributed by atoms with Crippen LogP contribution in [0.2, 0.25) is 0 Å². The average Bonchev–Trinajstić information content (AvgIpc) is 2.81. The van der Waals surface area contributed by atoms with E-state index in [1.165, 1.54) is 5.39 Å². The molecule has 0 unspecified atom stereocenters. The number of carbonyl (C=O) groups is 1. The summed E-state index contributed by atoms with van der Waals surface area (Å²) in [6.07, 6.45) is 3.38. The highest BCUT2D eigenvalue weighted by Crippen LogP contribution is 2.21. The van der Waals surface area contributed by atoms with Crippen LogP contribution >= 0.6 is 0 Å². The first-order chi connectivity index (χ1) is 14.7. The van der Waals surface area contributed by atoms with Crippen molar-refractivity contribution in [2.75, 3.05) is 0 Å². The Labute approximate surface area is 175 Å². The normalized spacial score (nSPS) is 11.3. The van der Waals surface area contributed by atoms with Gasteiger partial charge in [-0.05, 0) is 59.7 Å². The fourth-order valence-electron chi connectivity index (χ4n) is 3.03. The molecule has 0 radical (unpaired) electrons. The van der Waals surface area contributed by atoms with E-state index in [4.69, 9.17) is 4.74 Å². The molecule has 1 amide bonds. The SMILES string of the molecule is C/C(=N/NC(=O)c1ccc(COc2ccc3ccccc3c2)cc1)c1ccncc1. The molecule has 1 N–H and O–H groups in total. The Morgan fingerprint density at radius 1 is 0.900 bits per heavy atom. The zero-order chi connectivity index (χ0) is 20.8. The standard InChI is InChI=1S/C25H21N3O2/c1-18(20-12-14-26-15-13-20)27-28-25(29)22-8-6-19(7-9-22)17-30-24-11-10-21-4-2-3-5-23(21)16-24/h2-16H,17H2,1H3,(H,28,29)/b27-18-. The first-order valence-electron chi connectivity index (χ1n) is 9.64. The molecule has 5 nitrogen and oxygen atoms in total. The van der Waals surface area contributed by atoms with E-state index in [2.05, 4.69) is 27.6 Å². The average molecular weight is 395 g/mol. The maximum Gasteiger partial charge on any atom is 0.271 e. The minimum atomic E-state index is -0.259. The van der Waals surface area contributed by atoms with Gasteiger partial charge in [-0.2, -0.15) is 5.10 Å². The second kappa shape index (κ2) is 9.01. The van der Waals surface area contributed by atoms with Crippen LogP contribution in [0.25, 0.3) is 10.8 Å². The number of rotatable bonds is 6. The van der Waals surface area contributed by atoms with Crippen molar-refractivity contribution < 1.29 is 9.53 Å². The summed E-state index contributed by atoms with van der Waals surface area (Å²) in [5.41, 5.74) is 5.73. The number of benzene rings is 3. The number of aromatic nitrogens is 1. The lowest BCUT2D eigenvalue weighted by molar-refractivity contribution is 0.0955. The summed E-state index contributed by atoms with van der Waals surface area (Å²) >= 11 is 0. The van der Waals surface area contributed by atoms with E-state index >= 15 is 0 Å². The summed E-state index contributed by atoms with van der Waals surface area (Å²) < 4.78 is 5.90. The number of amides is 1. The molecule has 3 aromatic carbocycles. The number of nitrogens with one attached hydrogen (secondary N) is 1. The monoisotopic (exact) mass is 395 g/mol. The molecule has 0 aliphatic heterocycles. The van der Waals surface area contributed by atoms with Gasteiger partial charge in [0.25, 0.3) is 5.91 Å². The molecule has 0 bridgehead atoms.